The minimum absolute atomic E-state index is 0.0246. The summed E-state index contributed by atoms with van der Waals surface area (Å²) in [5.74, 6) is -1.24. The molecule has 0 unspecified atom stereocenters. The summed E-state index contributed by atoms with van der Waals surface area (Å²) in [5.41, 5.74) is -3.62. The van der Waals surface area contributed by atoms with Crippen LogP contribution in [0, 0.1) is 24.0 Å². The summed E-state index contributed by atoms with van der Waals surface area (Å²) in [7, 11) is 0. The van der Waals surface area contributed by atoms with Crippen LogP contribution in [0.1, 0.15) is 35.2 Å². The molecular formula is C15H16F3N7O4. The summed E-state index contributed by atoms with van der Waals surface area (Å²) < 4.78 is 42.3. The molecule has 2 aromatic heterocycles. The molecule has 156 valence electrons. The van der Waals surface area contributed by atoms with Gasteiger partial charge in [-0.2, -0.15) is 33.5 Å². The second-order valence-electron chi connectivity index (χ2n) is 6.60. The third-order valence-corrected chi connectivity index (χ3v) is 4.43. The van der Waals surface area contributed by atoms with Gasteiger partial charge in [0.1, 0.15) is 18.1 Å². The minimum Gasteiger partial charge on any atom is -0.362 e. The molecule has 1 amide bonds. The number of amides is 1. The number of aromatic nitrogens is 4. The molecule has 0 saturated carbocycles. The van der Waals surface area contributed by atoms with Crippen molar-refractivity contribution in [3.05, 3.63) is 39.5 Å². The van der Waals surface area contributed by atoms with E-state index in [-0.39, 0.29) is 40.2 Å². The second-order valence-corrected chi connectivity index (χ2v) is 6.60. The fraction of sp³-hybridized carbons (Fsp3) is 0.467. The lowest BCUT2D eigenvalue weighted by molar-refractivity contribution is -0.386. The molecule has 14 heteroatoms. The van der Waals surface area contributed by atoms with Gasteiger partial charge in [-0.05, 0) is 26.8 Å². The molecule has 1 aliphatic heterocycles. The Morgan fingerprint density at radius 3 is 2.55 bits per heavy atom. The summed E-state index contributed by atoms with van der Waals surface area (Å²) >= 11 is 0. The zero-order valence-corrected chi connectivity index (χ0v) is 15.5. The van der Waals surface area contributed by atoms with Crippen molar-refractivity contribution in [1.82, 2.24) is 24.6 Å². The number of carbonyl (C=O) groups excluding carboxylic acids is 1. The smallest absolute Gasteiger partial charge is 0.362 e. The first-order valence-electron chi connectivity index (χ1n) is 8.24. The van der Waals surface area contributed by atoms with Crippen molar-refractivity contribution in [2.75, 3.05) is 0 Å². The predicted molar refractivity (Wildman–Crippen MR) is 90.9 cm³/mol. The fourth-order valence-corrected chi connectivity index (χ4v) is 3.04. The third-order valence-electron chi connectivity index (χ3n) is 4.43. The minimum atomic E-state index is -5.12. The highest BCUT2D eigenvalue weighted by molar-refractivity contribution is 5.96. The molecule has 0 aromatic carbocycles. The highest BCUT2D eigenvalue weighted by Gasteiger charge is 2.63. The normalized spacial score (nSPS) is 19.6. The van der Waals surface area contributed by atoms with E-state index in [0.29, 0.717) is 0 Å². The molecule has 11 nitrogen and oxygen atoms in total. The Hall–Kier alpha value is -3.29. The molecule has 1 aliphatic rings. The average molecular weight is 415 g/mol. The largest absolute Gasteiger partial charge is 0.438 e. The van der Waals surface area contributed by atoms with Crippen LogP contribution in [0.5, 0.6) is 0 Å². The number of aryl methyl sites for hydroxylation is 1. The summed E-state index contributed by atoms with van der Waals surface area (Å²) in [5, 5.41) is 32.5. The molecular weight excluding hydrogens is 399 g/mol. The Labute approximate surface area is 161 Å². The van der Waals surface area contributed by atoms with Gasteiger partial charge in [0.05, 0.1) is 4.92 Å². The quantitative estimate of drug-likeness (QED) is 0.596. The average Bonchev–Trinajstić information content (AvgIpc) is 3.24. The standard InChI is InChI=1S/C15H16F3N7O4/c1-8-6-14(27,15(16,17)18)24(19-8)13(26)11-4-5-22(21-11)7-23-10(3)12(25(28)29)9(2)20-23/h4-5,27H,6-7H2,1-3H3/t14-/m1/s1. The summed E-state index contributed by atoms with van der Waals surface area (Å²) in [4.78, 5) is 23.0. The van der Waals surface area contributed by atoms with Crippen molar-refractivity contribution in [1.29, 1.82) is 0 Å². The topological polar surface area (TPSA) is 132 Å². The van der Waals surface area contributed by atoms with Crippen molar-refractivity contribution >= 4 is 17.3 Å². The Balaban J connectivity index is 1.86. The number of rotatable bonds is 4. The summed E-state index contributed by atoms with van der Waals surface area (Å²) in [6.07, 6.45) is -4.68. The highest BCUT2D eigenvalue weighted by atomic mass is 19.4. The highest BCUT2D eigenvalue weighted by Crippen LogP contribution is 2.40. The number of hydrazone groups is 1. The lowest BCUT2D eigenvalue weighted by Crippen LogP contribution is -2.56. The van der Waals surface area contributed by atoms with Crippen LogP contribution in [-0.2, 0) is 6.67 Å². The van der Waals surface area contributed by atoms with E-state index in [0.717, 1.165) is 6.07 Å². The van der Waals surface area contributed by atoms with Gasteiger partial charge in [0, 0.05) is 18.3 Å². The molecule has 2 aromatic rings. The number of halogens is 3. The molecule has 0 aliphatic carbocycles. The van der Waals surface area contributed by atoms with Crippen LogP contribution in [0.15, 0.2) is 17.4 Å². The molecule has 0 spiro atoms. The molecule has 1 N–H and O–H groups in total. The van der Waals surface area contributed by atoms with E-state index < -0.39 is 29.2 Å². The Morgan fingerprint density at radius 2 is 2.00 bits per heavy atom. The number of nitrogens with zero attached hydrogens (tertiary/aromatic N) is 7. The number of nitro groups is 1. The van der Waals surface area contributed by atoms with E-state index >= 15 is 0 Å². The molecule has 0 radical (unpaired) electrons. The first kappa shape index (κ1) is 20.4. The van der Waals surface area contributed by atoms with Crippen molar-refractivity contribution in [3.63, 3.8) is 0 Å². The van der Waals surface area contributed by atoms with Gasteiger partial charge in [0.15, 0.2) is 5.69 Å². The van der Waals surface area contributed by atoms with Crippen molar-refractivity contribution < 1.29 is 28.0 Å². The van der Waals surface area contributed by atoms with Gasteiger partial charge >= 0.3 is 11.9 Å². The zero-order chi connectivity index (χ0) is 21.7. The van der Waals surface area contributed by atoms with Gasteiger partial charge in [-0.3, -0.25) is 19.6 Å². The number of hydrogen-bond acceptors (Lipinski definition) is 7. The molecule has 0 bridgehead atoms. The molecule has 29 heavy (non-hydrogen) atoms. The van der Waals surface area contributed by atoms with E-state index in [1.54, 1.807) is 0 Å². The maximum Gasteiger partial charge on any atom is 0.438 e. The van der Waals surface area contributed by atoms with Crippen LogP contribution in [0.2, 0.25) is 0 Å². The van der Waals surface area contributed by atoms with Gasteiger partial charge in [0.2, 0.25) is 0 Å². The number of hydrogen-bond donors (Lipinski definition) is 1. The van der Waals surface area contributed by atoms with Gasteiger partial charge in [0.25, 0.3) is 11.6 Å². The van der Waals surface area contributed by atoms with Gasteiger partial charge < -0.3 is 5.11 Å². The van der Waals surface area contributed by atoms with E-state index in [9.17, 15) is 33.2 Å². The molecule has 3 heterocycles. The Kier molecular flexibility index (Phi) is 4.69. The van der Waals surface area contributed by atoms with E-state index in [1.165, 1.54) is 36.3 Å². The van der Waals surface area contributed by atoms with Crippen LogP contribution in [-0.4, -0.2) is 58.1 Å². The Bertz CT molecular complexity index is 1030. The molecule has 1 atom stereocenters. The van der Waals surface area contributed by atoms with Gasteiger partial charge in [-0.1, -0.05) is 0 Å². The van der Waals surface area contributed by atoms with Crippen LogP contribution >= 0.6 is 0 Å². The lowest BCUT2D eigenvalue weighted by Gasteiger charge is -2.32. The maximum absolute atomic E-state index is 13.3. The third kappa shape index (κ3) is 3.35. The molecule has 0 fully saturated rings. The molecule has 3 rings (SSSR count). The van der Waals surface area contributed by atoms with Crippen LogP contribution in [0.25, 0.3) is 0 Å². The van der Waals surface area contributed by atoms with Crippen molar-refractivity contribution in [2.24, 2.45) is 5.10 Å². The van der Waals surface area contributed by atoms with E-state index in [2.05, 4.69) is 15.3 Å². The second kappa shape index (κ2) is 6.65. The maximum atomic E-state index is 13.3. The van der Waals surface area contributed by atoms with Crippen LogP contribution in [0.3, 0.4) is 0 Å². The first-order valence-corrected chi connectivity index (χ1v) is 8.24. The van der Waals surface area contributed by atoms with Crippen LogP contribution in [0.4, 0.5) is 18.9 Å². The molecule has 0 saturated heterocycles. The summed E-state index contributed by atoms with van der Waals surface area (Å²) in [6.45, 7) is 4.10. The lowest BCUT2D eigenvalue weighted by atomic mass is 10.1. The van der Waals surface area contributed by atoms with Crippen molar-refractivity contribution in [3.8, 4) is 0 Å². The van der Waals surface area contributed by atoms with Gasteiger partial charge in [-0.25, -0.2) is 4.68 Å². The van der Waals surface area contributed by atoms with E-state index in [1.807, 2.05) is 0 Å². The Morgan fingerprint density at radius 1 is 1.34 bits per heavy atom. The monoisotopic (exact) mass is 415 g/mol. The van der Waals surface area contributed by atoms with Gasteiger partial charge in [-0.15, -0.1) is 0 Å². The SMILES string of the molecule is CC1=NN(C(=O)c2ccn(Cn3nc(C)c([N+](=O)[O-])c3C)n2)[C@](O)(C(F)(F)F)C1. The first-order chi connectivity index (χ1) is 13.3. The number of aliphatic hydroxyl groups is 1. The van der Waals surface area contributed by atoms with Crippen molar-refractivity contribution in [2.45, 2.75) is 45.8 Å². The summed E-state index contributed by atoms with van der Waals surface area (Å²) in [6, 6.07) is 1.16. The fourth-order valence-electron chi connectivity index (χ4n) is 3.04. The zero-order valence-electron chi connectivity index (χ0n) is 15.5. The van der Waals surface area contributed by atoms with Crippen LogP contribution < -0.4 is 0 Å². The number of carbonyl (C=O) groups is 1. The number of alkyl halides is 3. The van der Waals surface area contributed by atoms with E-state index in [4.69, 9.17) is 0 Å². The predicted octanol–water partition coefficient (Wildman–Crippen LogP) is 1.58.